The third-order valence-corrected chi connectivity index (χ3v) is 5.06. The van der Waals surface area contributed by atoms with E-state index in [2.05, 4.69) is 10.4 Å². The third kappa shape index (κ3) is 3.40. The Morgan fingerprint density at radius 2 is 2.10 bits per heavy atom. The topological polar surface area (TPSA) is 114 Å². The van der Waals surface area contributed by atoms with Gasteiger partial charge in [-0.05, 0) is 23.8 Å². The number of rotatable bonds is 5. The average molecular weight is 393 g/mol. The van der Waals surface area contributed by atoms with Gasteiger partial charge in [0.1, 0.15) is 22.9 Å². The molecule has 2 aromatic carbocycles. The molecule has 4 rings (SSSR count). The van der Waals surface area contributed by atoms with E-state index in [1.54, 1.807) is 24.1 Å². The molecular weight excluding hydrogens is 374 g/mol. The highest BCUT2D eigenvalue weighted by Gasteiger charge is 2.31. The van der Waals surface area contributed by atoms with Crippen LogP contribution in [0.15, 0.2) is 48.7 Å². The lowest BCUT2D eigenvalue weighted by molar-refractivity contribution is -0.116. The molecule has 1 aromatic heterocycles. The molecule has 0 aliphatic carbocycles. The fourth-order valence-corrected chi connectivity index (χ4v) is 3.62. The SMILES string of the molecule is COc1ccccc1Cn1ncc2c1NC(=O)CC2c1ccc(O)c(C(=O)O)c1. The molecule has 3 aromatic rings. The van der Waals surface area contributed by atoms with Crippen molar-refractivity contribution in [2.75, 3.05) is 12.4 Å². The molecule has 8 heteroatoms. The number of phenols is 1. The van der Waals surface area contributed by atoms with Crippen molar-refractivity contribution < 1.29 is 24.5 Å². The van der Waals surface area contributed by atoms with Crippen molar-refractivity contribution in [1.82, 2.24) is 9.78 Å². The zero-order valence-electron chi connectivity index (χ0n) is 15.6. The number of aromatic hydroxyl groups is 1. The van der Waals surface area contributed by atoms with Crippen molar-refractivity contribution in [2.24, 2.45) is 0 Å². The highest BCUT2D eigenvalue weighted by atomic mass is 16.5. The summed E-state index contributed by atoms with van der Waals surface area (Å²) in [7, 11) is 1.60. The van der Waals surface area contributed by atoms with E-state index in [0.717, 1.165) is 16.9 Å². The molecule has 2 heterocycles. The van der Waals surface area contributed by atoms with Gasteiger partial charge >= 0.3 is 5.97 Å². The number of fused-ring (bicyclic) bond motifs is 1. The number of carbonyl (C=O) groups is 2. The Balaban J connectivity index is 1.73. The summed E-state index contributed by atoms with van der Waals surface area (Å²) in [5.41, 5.74) is 2.14. The van der Waals surface area contributed by atoms with E-state index in [-0.39, 0.29) is 29.6 Å². The van der Waals surface area contributed by atoms with Crippen LogP contribution in [0.4, 0.5) is 5.82 Å². The molecule has 0 saturated carbocycles. The molecule has 0 radical (unpaired) electrons. The Labute approximate surface area is 166 Å². The van der Waals surface area contributed by atoms with Crippen molar-refractivity contribution >= 4 is 17.7 Å². The molecule has 0 spiro atoms. The van der Waals surface area contributed by atoms with Crippen LogP contribution in [0.1, 0.15) is 39.4 Å². The van der Waals surface area contributed by atoms with Crippen LogP contribution in [0.2, 0.25) is 0 Å². The number of aromatic nitrogens is 2. The summed E-state index contributed by atoms with van der Waals surface area (Å²) in [5.74, 6) is -0.787. The number of benzene rings is 2. The zero-order valence-corrected chi connectivity index (χ0v) is 15.6. The van der Waals surface area contributed by atoms with Gasteiger partial charge in [-0.3, -0.25) is 4.79 Å². The molecule has 1 amide bonds. The molecule has 3 N–H and O–H groups in total. The van der Waals surface area contributed by atoms with E-state index in [0.29, 0.717) is 17.9 Å². The van der Waals surface area contributed by atoms with Crippen LogP contribution in [0.25, 0.3) is 0 Å². The summed E-state index contributed by atoms with van der Waals surface area (Å²) in [6, 6.07) is 11.9. The van der Waals surface area contributed by atoms with Gasteiger partial charge in [0.25, 0.3) is 0 Å². The van der Waals surface area contributed by atoms with Crippen LogP contribution in [-0.4, -0.2) is 39.0 Å². The number of carboxylic acid groups (broad SMARTS) is 1. The maximum atomic E-state index is 12.4. The Bertz CT molecular complexity index is 1110. The minimum Gasteiger partial charge on any atom is -0.507 e. The van der Waals surface area contributed by atoms with Crippen molar-refractivity contribution in [2.45, 2.75) is 18.9 Å². The summed E-state index contributed by atoms with van der Waals surface area (Å²) in [5, 5.41) is 26.4. The quantitative estimate of drug-likeness (QED) is 0.614. The van der Waals surface area contributed by atoms with Crippen LogP contribution >= 0.6 is 0 Å². The van der Waals surface area contributed by atoms with Gasteiger partial charge < -0.3 is 20.3 Å². The first kappa shape index (κ1) is 18.5. The minimum absolute atomic E-state index is 0.164. The van der Waals surface area contributed by atoms with E-state index in [1.807, 2.05) is 24.3 Å². The predicted octanol–water partition coefficient (Wildman–Crippen LogP) is 2.82. The number of carbonyl (C=O) groups excluding carboxylic acids is 1. The van der Waals surface area contributed by atoms with Gasteiger partial charge in [0.05, 0.1) is 19.9 Å². The fraction of sp³-hybridized carbons (Fsp3) is 0.190. The van der Waals surface area contributed by atoms with Crippen LogP contribution < -0.4 is 10.1 Å². The van der Waals surface area contributed by atoms with E-state index in [4.69, 9.17) is 4.74 Å². The number of para-hydroxylation sites is 1. The first-order valence-corrected chi connectivity index (χ1v) is 9.01. The monoisotopic (exact) mass is 393 g/mol. The molecule has 0 saturated heterocycles. The second-order valence-corrected chi connectivity index (χ2v) is 6.80. The molecule has 8 nitrogen and oxygen atoms in total. The van der Waals surface area contributed by atoms with Gasteiger partial charge in [-0.2, -0.15) is 5.10 Å². The van der Waals surface area contributed by atoms with Gasteiger partial charge in [0.2, 0.25) is 5.91 Å². The molecule has 0 bridgehead atoms. The largest absolute Gasteiger partial charge is 0.507 e. The van der Waals surface area contributed by atoms with Crippen LogP contribution in [0, 0.1) is 0 Å². The van der Waals surface area contributed by atoms with Crippen LogP contribution in [0.5, 0.6) is 11.5 Å². The van der Waals surface area contributed by atoms with Gasteiger partial charge in [0.15, 0.2) is 0 Å². The summed E-state index contributed by atoms with van der Waals surface area (Å²) in [4.78, 5) is 23.7. The van der Waals surface area contributed by atoms with Crippen LogP contribution in [0.3, 0.4) is 0 Å². The number of anilines is 1. The number of amides is 1. The van der Waals surface area contributed by atoms with Gasteiger partial charge in [0, 0.05) is 23.5 Å². The Morgan fingerprint density at radius 3 is 2.86 bits per heavy atom. The Hall–Kier alpha value is -3.81. The van der Waals surface area contributed by atoms with Crippen molar-refractivity contribution in [1.29, 1.82) is 0 Å². The number of ether oxygens (including phenoxy) is 1. The lowest BCUT2D eigenvalue weighted by atomic mass is 9.86. The number of carboxylic acids is 1. The molecule has 29 heavy (non-hydrogen) atoms. The fourth-order valence-electron chi connectivity index (χ4n) is 3.62. The summed E-state index contributed by atoms with van der Waals surface area (Å²) in [6.07, 6.45) is 1.85. The highest BCUT2D eigenvalue weighted by Crippen LogP contribution is 2.38. The molecule has 1 atom stereocenters. The first-order chi connectivity index (χ1) is 14.0. The van der Waals surface area contributed by atoms with E-state index >= 15 is 0 Å². The van der Waals surface area contributed by atoms with Crippen LogP contribution in [-0.2, 0) is 11.3 Å². The minimum atomic E-state index is -1.23. The summed E-state index contributed by atoms with van der Waals surface area (Å²) < 4.78 is 7.08. The first-order valence-electron chi connectivity index (χ1n) is 9.01. The number of nitrogens with one attached hydrogen (secondary N) is 1. The highest BCUT2D eigenvalue weighted by molar-refractivity contribution is 5.95. The lowest BCUT2D eigenvalue weighted by Gasteiger charge is -2.24. The molecule has 1 aliphatic rings. The maximum absolute atomic E-state index is 12.4. The van der Waals surface area contributed by atoms with E-state index in [1.165, 1.54) is 12.1 Å². The number of methoxy groups -OCH3 is 1. The van der Waals surface area contributed by atoms with E-state index < -0.39 is 5.97 Å². The Morgan fingerprint density at radius 1 is 1.31 bits per heavy atom. The lowest BCUT2D eigenvalue weighted by Crippen LogP contribution is -2.25. The molecule has 0 fully saturated rings. The van der Waals surface area contributed by atoms with Crippen molar-refractivity contribution in [3.05, 3.63) is 70.9 Å². The van der Waals surface area contributed by atoms with Crippen molar-refractivity contribution in [3.8, 4) is 11.5 Å². The normalized spacial score (nSPS) is 15.5. The molecular formula is C21H19N3O5. The smallest absolute Gasteiger partial charge is 0.339 e. The molecule has 1 aliphatic heterocycles. The number of hydrogen-bond donors (Lipinski definition) is 3. The standard InChI is InChI=1S/C21H19N3O5/c1-29-18-5-3-2-4-13(18)11-24-20-16(10-22-24)14(9-19(26)23-20)12-6-7-17(25)15(8-12)21(27)28/h2-8,10,14,25H,9,11H2,1H3,(H,23,26)(H,27,28). The maximum Gasteiger partial charge on any atom is 0.339 e. The Kier molecular flexibility index (Phi) is 4.67. The van der Waals surface area contributed by atoms with E-state index in [9.17, 15) is 19.8 Å². The zero-order chi connectivity index (χ0) is 20.5. The van der Waals surface area contributed by atoms with Crippen molar-refractivity contribution in [3.63, 3.8) is 0 Å². The molecule has 148 valence electrons. The summed E-state index contributed by atoms with van der Waals surface area (Å²) in [6.45, 7) is 0.405. The molecule has 1 unspecified atom stereocenters. The summed E-state index contributed by atoms with van der Waals surface area (Å²) >= 11 is 0. The average Bonchev–Trinajstić information content (AvgIpc) is 3.10. The van der Waals surface area contributed by atoms with Gasteiger partial charge in [-0.15, -0.1) is 0 Å². The van der Waals surface area contributed by atoms with Gasteiger partial charge in [-0.25, -0.2) is 9.48 Å². The second-order valence-electron chi connectivity index (χ2n) is 6.80. The predicted molar refractivity (Wildman–Crippen MR) is 104 cm³/mol. The number of aromatic carboxylic acids is 1. The third-order valence-electron chi connectivity index (χ3n) is 5.06. The second kappa shape index (κ2) is 7.31. The number of hydrogen-bond acceptors (Lipinski definition) is 5. The number of nitrogens with zero attached hydrogens (tertiary/aromatic N) is 2. The van der Waals surface area contributed by atoms with Gasteiger partial charge in [-0.1, -0.05) is 24.3 Å².